The number of piperidine rings is 1. The van der Waals surface area contributed by atoms with Gasteiger partial charge in [-0.15, -0.1) is 11.3 Å². The number of amides is 2. The van der Waals surface area contributed by atoms with Crippen molar-refractivity contribution in [3.05, 3.63) is 11.6 Å². The molecule has 8 heteroatoms. The highest BCUT2D eigenvalue weighted by Gasteiger charge is 2.27. The third kappa shape index (κ3) is 4.00. The van der Waals surface area contributed by atoms with Crippen LogP contribution < -0.4 is 10.6 Å². The molecule has 2 saturated heterocycles. The van der Waals surface area contributed by atoms with Crippen molar-refractivity contribution >= 4 is 28.3 Å². The van der Waals surface area contributed by atoms with E-state index in [9.17, 15) is 9.59 Å². The minimum absolute atomic E-state index is 0.0686. The van der Waals surface area contributed by atoms with Gasteiger partial charge in [-0.25, -0.2) is 4.98 Å². The van der Waals surface area contributed by atoms with E-state index in [0.717, 1.165) is 31.3 Å². The third-order valence-electron chi connectivity index (χ3n) is 4.67. The fraction of sp³-hybridized carbons (Fsp3) is 0.667. The predicted molar refractivity (Wildman–Crippen MR) is 89.3 cm³/mol. The highest BCUT2D eigenvalue weighted by atomic mass is 32.1. The Hall–Kier alpha value is -1.67. The van der Waals surface area contributed by atoms with Crippen molar-refractivity contribution in [2.75, 3.05) is 50.7 Å². The van der Waals surface area contributed by atoms with Crippen molar-refractivity contribution in [2.45, 2.75) is 12.8 Å². The lowest BCUT2D eigenvalue weighted by atomic mass is 9.96. The van der Waals surface area contributed by atoms with Crippen LogP contribution in [0.2, 0.25) is 0 Å². The molecule has 2 aliphatic heterocycles. The Morgan fingerprint density at radius 3 is 2.43 bits per heavy atom. The van der Waals surface area contributed by atoms with Gasteiger partial charge in [0.05, 0.1) is 6.54 Å². The summed E-state index contributed by atoms with van der Waals surface area (Å²) >= 11 is 1.65. The topological polar surface area (TPSA) is 82.8 Å². The van der Waals surface area contributed by atoms with Crippen molar-refractivity contribution in [2.24, 2.45) is 11.7 Å². The minimum atomic E-state index is -0.240. The maximum absolute atomic E-state index is 12.4. The number of anilines is 1. The molecule has 2 aliphatic rings. The molecular formula is C15H23N5O2S. The molecule has 2 N–H and O–H groups in total. The van der Waals surface area contributed by atoms with Crippen molar-refractivity contribution in [1.29, 1.82) is 0 Å². The SMILES string of the molecule is NC(=O)C1CCN(C(=O)CN2CCN(c3nccs3)CC2)CC1. The van der Waals surface area contributed by atoms with Crippen LogP contribution in [0.1, 0.15) is 12.8 Å². The van der Waals surface area contributed by atoms with Crippen LogP contribution >= 0.6 is 11.3 Å². The van der Waals surface area contributed by atoms with Gasteiger partial charge < -0.3 is 15.5 Å². The van der Waals surface area contributed by atoms with E-state index >= 15 is 0 Å². The molecule has 2 fully saturated rings. The average Bonchev–Trinajstić information content (AvgIpc) is 3.10. The third-order valence-corrected chi connectivity index (χ3v) is 5.50. The van der Waals surface area contributed by atoms with Gasteiger partial charge in [-0.2, -0.15) is 0 Å². The lowest BCUT2D eigenvalue weighted by Gasteiger charge is -2.36. The monoisotopic (exact) mass is 337 g/mol. The summed E-state index contributed by atoms with van der Waals surface area (Å²) in [5.74, 6) is -0.146. The summed E-state index contributed by atoms with van der Waals surface area (Å²) < 4.78 is 0. The molecule has 0 saturated carbocycles. The number of likely N-dealkylation sites (tertiary alicyclic amines) is 1. The molecule has 0 atom stereocenters. The molecule has 0 bridgehead atoms. The van der Waals surface area contributed by atoms with E-state index in [-0.39, 0.29) is 17.7 Å². The van der Waals surface area contributed by atoms with Crippen LogP contribution in [0.15, 0.2) is 11.6 Å². The van der Waals surface area contributed by atoms with Crippen LogP contribution in [0.5, 0.6) is 0 Å². The number of thiazole rings is 1. The van der Waals surface area contributed by atoms with Crippen LogP contribution in [0.3, 0.4) is 0 Å². The van der Waals surface area contributed by atoms with Gasteiger partial charge in [0.2, 0.25) is 11.8 Å². The van der Waals surface area contributed by atoms with Gasteiger partial charge in [0.15, 0.2) is 5.13 Å². The molecule has 0 radical (unpaired) electrons. The molecule has 2 amide bonds. The quantitative estimate of drug-likeness (QED) is 0.835. The molecule has 0 aliphatic carbocycles. The van der Waals surface area contributed by atoms with Crippen molar-refractivity contribution < 1.29 is 9.59 Å². The maximum atomic E-state index is 12.4. The molecule has 126 valence electrons. The lowest BCUT2D eigenvalue weighted by Crippen LogP contribution is -2.51. The standard InChI is InChI=1S/C15H23N5O2S/c16-14(22)12-1-4-19(5-2-12)13(21)11-18-6-8-20(9-7-18)15-17-3-10-23-15/h3,10,12H,1-2,4-9,11H2,(H2,16,22). The second kappa shape index (κ2) is 7.27. The smallest absolute Gasteiger partial charge is 0.236 e. The molecule has 0 aromatic carbocycles. The van der Waals surface area contributed by atoms with Crippen molar-refractivity contribution in [1.82, 2.24) is 14.8 Å². The van der Waals surface area contributed by atoms with E-state index in [1.165, 1.54) is 0 Å². The Morgan fingerprint density at radius 1 is 1.17 bits per heavy atom. The Bertz CT molecular complexity index is 534. The molecule has 3 heterocycles. The van der Waals surface area contributed by atoms with Crippen LogP contribution in [0.4, 0.5) is 5.13 Å². The maximum Gasteiger partial charge on any atom is 0.236 e. The Labute approximate surface area is 140 Å². The van der Waals surface area contributed by atoms with Gasteiger partial charge in [0.1, 0.15) is 0 Å². The van der Waals surface area contributed by atoms with E-state index in [4.69, 9.17) is 5.73 Å². The fourth-order valence-electron chi connectivity index (χ4n) is 3.17. The largest absolute Gasteiger partial charge is 0.369 e. The highest BCUT2D eigenvalue weighted by molar-refractivity contribution is 7.13. The van der Waals surface area contributed by atoms with Crippen molar-refractivity contribution in [3.63, 3.8) is 0 Å². The van der Waals surface area contributed by atoms with Gasteiger partial charge in [-0.3, -0.25) is 14.5 Å². The first-order valence-electron chi connectivity index (χ1n) is 8.07. The van der Waals surface area contributed by atoms with E-state index < -0.39 is 0 Å². The van der Waals surface area contributed by atoms with Gasteiger partial charge in [-0.1, -0.05) is 0 Å². The number of carbonyl (C=O) groups excluding carboxylic acids is 2. The molecule has 0 unspecified atom stereocenters. The lowest BCUT2D eigenvalue weighted by molar-refractivity contribution is -0.136. The molecule has 1 aromatic heterocycles. The molecule has 3 rings (SSSR count). The molecule has 23 heavy (non-hydrogen) atoms. The van der Waals surface area contributed by atoms with Crippen LogP contribution in [-0.2, 0) is 9.59 Å². The zero-order valence-electron chi connectivity index (χ0n) is 13.2. The highest BCUT2D eigenvalue weighted by Crippen LogP contribution is 2.20. The van der Waals surface area contributed by atoms with Crippen LogP contribution in [0, 0.1) is 5.92 Å². The normalized spacial score (nSPS) is 20.7. The Morgan fingerprint density at radius 2 is 1.87 bits per heavy atom. The van der Waals surface area contributed by atoms with E-state index in [0.29, 0.717) is 32.5 Å². The molecule has 0 spiro atoms. The molecule has 1 aromatic rings. The molecular weight excluding hydrogens is 314 g/mol. The van der Waals surface area contributed by atoms with Gasteiger partial charge in [-0.05, 0) is 12.8 Å². The Balaban J connectivity index is 1.42. The zero-order chi connectivity index (χ0) is 16.2. The van der Waals surface area contributed by atoms with Gasteiger partial charge in [0, 0.05) is 56.8 Å². The fourth-order valence-corrected chi connectivity index (χ4v) is 3.87. The van der Waals surface area contributed by atoms with Gasteiger partial charge in [0.25, 0.3) is 0 Å². The summed E-state index contributed by atoms with van der Waals surface area (Å²) in [5, 5.41) is 3.05. The Kier molecular flexibility index (Phi) is 5.12. The number of rotatable bonds is 4. The van der Waals surface area contributed by atoms with Crippen molar-refractivity contribution in [3.8, 4) is 0 Å². The van der Waals surface area contributed by atoms with Gasteiger partial charge >= 0.3 is 0 Å². The number of carbonyl (C=O) groups is 2. The van der Waals surface area contributed by atoms with E-state index in [2.05, 4.69) is 14.8 Å². The summed E-state index contributed by atoms with van der Waals surface area (Å²) in [5.41, 5.74) is 5.33. The first-order valence-corrected chi connectivity index (χ1v) is 8.95. The van der Waals surface area contributed by atoms with Crippen LogP contribution in [0.25, 0.3) is 0 Å². The van der Waals surface area contributed by atoms with E-state index in [1.54, 1.807) is 11.3 Å². The number of nitrogens with zero attached hydrogens (tertiary/aromatic N) is 4. The summed E-state index contributed by atoms with van der Waals surface area (Å²) in [4.78, 5) is 34.2. The molecule has 7 nitrogen and oxygen atoms in total. The summed E-state index contributed by atoms with van der Waals surface area (Å²) in [6, 6.07) is 0. The average molecular weight is 337 g/mol. The number of primary amides is 1. The second-order valence-corrected chi connectivity index (χ2v) is 7.01. The number of nitrogens with two attached hydrogens (primary N) is 1. The van der Waals surface area contributed by atoms with Crippen LogP contribution in [-0.4, -0.2) is 72.4 Å². The summed E-state index contributed by atoms with van der Waals surface area (Å²) in [6.45, 7) is 5.32. The number of hydrogen-bond acceptors (Lipinski definition) is 6. The first kappa shape index (κ1) is 16.2. The number of hydrogen-bond donors (Lipinski definition) is 1. The minimum Gasteiger partial charge on any atom is -0.369 e. The number of piperazine rings is 1. The zero-order valence-corrected chi connectivity index (χ0v) is 14.0. The van der Waals surface area contributed by atoms with E-state index in [1.807, 2.05) is 16.5 Å². The first-order chi connectivity index (χ1) is 11.1. The predicted octanol–water partition coefficient (Wildman–Crippen LogP) is -0.0110. The number of aromatic nitrogens is 1. The summed E-state index contributed by atoms with van der Waals surface area (Å²) in [6.07, 6.45) is 3.21. The summed E-state index contributed by atoms with van der Waals surface area (Å²) in [7, 11) is 0. The second-order valence-electron chi connectivity index (χ2n) is 6.14.